The van der Waals surface area contributed by atoms with Crippen LogP contribution in [0.1, 0.15) is 11.7 Å². The highest BCUT2D eigenvalue weighted by Gasteiger charge is 2.41. The van der Waals surface area contributed by atoms with Crippen LogP contribution in [0.5, 0.6) is 0 Å². The zero-order valence-corrected chi connectivity index (χ0v) is 13.3. The van der Waals surface area contributed by atoms with E-state index in [1.807, 2.05) is 24.3 Å². The van der Waals surface area contributed by atoms with Crippen LogP contribution in [0.2, 0.25) is 0 Å². The molecular weight excluding hydrogens is 328 g/mol. The number of carbonyl (C=O) groups is 1. The molecule has 1 aliphatic heterocycles. The Balaban J connectivity index is 1.54. The Morgan fingerprint density at radius 1 is 1.12 bits per heavy atom. The van der Waals surface area contributed by atoms with Crippen LogP contribution < -0.4 is 0 Å². The molecule has 1 aromatic heterocycles. The van der Waals surface area contributed by atoms with Crippen molar-refractivity contribution < 1.29 is 14.3 Å². The fourth-order valence-electron chi connectivity index (χ4n) is 2.73. The summed E-state index contributed by atoms with van der Waals surface area (Å²) in [6.45, 7) is 0.382. The molecule has 6 heteroatoms. The van der Waals surface area contributed by atoms with Crippen molar-refractivity contribution >= 4 is 17.4 Å². The first-order chi connectivity index (χ1) is 11.7. The molecule has 5 nitrogen and oxygen atoms in total. The summed E-state index contributed by atoms with van der Waals surface area (Å²) < 4.78 is 11.7. The predicted molar refractivity (Wildman–Crippen MR) is 88.1 cm³/mol. The molecule has 0 bridgehead atoms. The molecule has 2 heterocycles. The molecule has 2 atom stereocenters. The lowest BCUT2D eigenvalue weighted by atomic mass is 10.0. The molecule has 24 heavy (non-hydrogen) atoms. The fraction of sp³-hybridized carbons (Fsp3) is 0.167. The molecule has 120 valence electrons. The van der Waals surface area contributed by atoms with Crippen LogP contribution in [-0.4, -0.2) is 28.1 Å². The number of benzene rings is 1. The minimum absolute atomic E-state index is 0.109. The minimum atomic E-state index is -1.05. The Bertz CT molecular complexity index is 833. The van der Waals surface area contributed by atoms with E-state index in [1.54, 1.807) is 18.5 Å². The highest BCUT2D eigenvalue weighted by molar-refractivity contribution is 6.44. The van der Waals surface area contributed by atoms with Crippen LogP contribution in [0.4, 0.5) is 0 Å². The largest absolute Gasteiger partial charge is 0.340 e. The van der Waals surface area contributed by atoms with Crippen molar-refractivity contribution in [2.75, 3.05) is 6.61 Å². The van der Waals surface area contributed by atoms with Crippen LogP contribution in [0, 0.1) is 0 Å². The molecule has 2 aliphatic rings. The van der Waals surface area contributed by atoms with Gasteiger partial charge in [0.05, 0.1) is 11.6 Å². The summed E-state index contributed by atoms with van der Waals surface area (Å²) in [6.07, 6.45) is 9.28. The number of ether oxygens (including phenoxy) is 2. The summed E-state index contributed by atoms with van der Waals surface area (Å²) in [6, 6.07) is 7.95. The summed E-state index contributed by atoms with van der Waals surface area (Å²) in [5, 5.41) is 0.109. The lowest BCUT2D eigenvalue weighted by Gasteiger charge is -2.23. The maximum Gasteiger partial charge on any atom is 0.211 e. The predicted octanol–water partition coefficient (Wildman–Crippen LogP) is 3.19. The van der Waals surface area contributed by atoms with E-state index in [9.17, 15) is 4.79 Å². The molecule has 1 saturated heterocycles. The number of carbonyl (C=O) groups excluding carboxylic acids is 1. The van der Waals surface area contributed by atoms with Gasteiger partial charge in [0.2, 0.25) is 5.79 Å². The van der Waals surface area contributed by atoms with E-state index in [0.717, 1.165) is 16.7 Å². The van der Waals surface area contributed by atoms with Gasteiger partial charge in [-0.1, -0.05) is 35.9 Å². The number of nitrogens with zero attached hydrogens (tertiary/aromatic N) is 2. The maximum atomic E-state index is 11.4. The van der Waals surface area contributed by atoms with E-state index in [1.165, 1.54) is 18.5 Å². The average molecular weight is 341 g/mol. The molecule has 0 radical (unpaired) electrons. The zero-order valence-electron chi connectivity index (χ0n) is 12.6. The molecular formula is C18H13ClN2O3. The second kappa shape index (κ2) is 5.94. The number of aromatic nitrogens is 2. The molecule has 0 unspecified atom stereocenters. The van der Waals surface area contributed by atoms with Crippen molar-refractivity contribution in [2.45, 2.75) is 11.9 Å². The number of rotatable bonds is 2. The maximum absolute atomic E-state index is 11.4. The van der Waals surface area contributed by atoms with Crippen LogP contribution >= 0.6 is 11.6 Å². The van der Waals surface area contributed by atoms with Gasteiger partial charge in [-0.3, -0.25) is 4.79 Å². The molecule has 2 aromatic rings. The van der Waals surface area contributed by atoms with E-state index >= 15 is 0 Å². The van der Waals surface area contributed by atoms with Crippen molar-refractivity contribution in [3.8, 4) is 11.1 Å². The minimum Gasteiger partial charge on any atom is -0.340 e. The smallest absolute Gasteiger partial charge is 0.211 e. The Hall–Kier alpha value is -2.34. The molecule has 4 rings (SSSR count). The summed E-state index contributed by atoms with van der Waals surface area (Å²) in [5.41, 5.74) is 2.97. The van der Waals surface area contributed by atoms with Gasteiger partial charge in [0.15, 0.2) is 5.78 Å². The van der Waals surface area contributed by atoms with Gasteiger partial charge < -0.3 is 9.47 Å². The van der Waals surface area contributed by atoms with Crippen molar-refractivity contribution in [3.05, 3.63) is 71.8 Å². The van der Waals surface area contributed by atoms with Gasteiger partial charge in [0, 0.05) is 24.0 Å². The SMILES string of the molecule is O=C1C=C[C@@]2(C=C1Cl)OC[C@@H](c1ccc(-c3cncnc3)cc1)O2. The number of ketones is 1. The third-order valence-electron chi connectivity index (χ3n) is 3.99. The monoisotopic (exact) mass is 340 g/mol. The van der Waals surface area contributed by atoms with Gasteiger partial charge in [-0.2, -0.15) is 0 Å². The number of hydrogen-bond acceptors (Lipinski definition) is 5. The normalized spacial score (nSPS) is 26.0. The molecule has 1 aliphatic carbocycles. The summed E-state index contributed by atoms with van der Waals surface area (Å²) in [5.74, 6) is -1.30. The fourth-order valence-corrected chi connectivity index (χ4v) is 2.94. The molecule has 0 saturated carbocycles. The summed E-state index contributed by atoms with van der Waals surface area (Å²) in [4.78, 5) is 19.5. The van der Waals surface area contributed by atoms with E-state index < -0.39 is 5.79 Å². The lowest BCUT2D eigenvalue weighted by molar-refractivity contribution is -0.114. The Morgan fingerprint density at radius 2 is 1.88 bits per heavy atom. The topological polar surface area (TPSA) is 61.3 Å². The lowest BCUT2D eigenvalue weighted by Crippen LogP contribution is -2.28. The van der Waals surface area contributed by atoms with Gasteiger partial charge in [0.25, 0.3) is 0 Å². The summed E-state index contributed by atoms with van der Waals surface area (Å²) >= 11 is 5.91. The van der Waals surface area contributed by atoms with Crippen LogP contribution in [0.25, 0.3) is 11.1 Å². The summed E-state index contributed by atoms with van der Waals surface area (Å²) in [7, 11) is 0. The van der Waals surface area contributed by atoms with Crippen LogP contribution in [0.3, 0.4) is 0 Å². The first kappa shape index (κ1) is 15.2. The van der Waals surface area contributed by atoms with Crippen molar-refractivity contribution in [1.82, 2.24) is 9.97 Å². The number of hydrogen-bond donors (Lipinski definition) is 0. The molecule has 0 amide bonds. The Kier molecular flexibility index (Phi) is 3.76. The van der Waals surface area contributed by atoms with Crippen LogP contribution in [-0.2, 0) is 14.3 Å². The second-order valence-corrected chi connectivity index (χ2v) is 5.99. The van der Waals surface area contributed by atoms with E-state index in [2.05, 4.69) is 9.97 Å². The zero-order chi connectivity index (χ0) is 16.6. The van der Waals surface area contributed by atoms with Gasteiger partial charge in [0.1, 0.15) is 12.4 Å². The van der Waals surface area contributed by atoms with E-state index in [-0.39, 0.29) is 16.9 Å². The highest BCUT2D eigenvalue weighted by atomic mass is 35.5. The van der Waals surface area contributed by atoms with Crippen molar-refractivity contribution in [2.24, 2.45) is 0 Å². The highest BCUT2D eigenvalue weighted by Crippen LogP contribution is 2.38. The van der Waals surface area contributed by atoms with E-state index in [4.69, 9.17) is 21.1 Å². The molecule has 0 N–H and O–H groups in total. The van der Waals surface area contributed by atoms with Crippen molar-refractivity contribution in [1.29, 1.82) is 0 Å². The molecule has 1 fully saturated rings. The van der Waals surface area contributed by atoms with E-state index in [0.29, 0.717) is 6.61 Å². The third kappa shape index (κ3) is 2.78. The standard InChI is InChI=1S/C18H13ClN2O3/c19-15-7-18(6-5-16(15)22)23-10-17(24-18)13-3-1-12(2-4-13)14-8-20-11-21-9-14/h1-9,11,17H,10H2/t17-,18+/m0/s1. The quantitative estimate of drug-likeness (QED) is 0.840. The van der Waals surface area contributed by atoms with Gasteiger partial charge in [-0.05, 0) is 23.3 Å². The number of halogens is 1. The number of allylic oxidation sites excluding steroid dienone is 2. The first-order valence-corrected chi connectivity index (χ1v) is 7.82. The van der Waals surface area contributed by atoms with Crippen LogP contribution in [0.15, 0.2) is 66.2 Å². The molecule has 1 aromatic carbocycles. The second-order valence-electron chi connectivity index (χ2n) is 5.58. The van der Waals surface area contributed by atoms with Crippen molar-refractivity contribution in [3.63, 3.8) is 0 Å². The first-order valence-electron chi connectivity index (χ1n) is 7.44. The average Bonchev–Trinajstić information content (AvgIpc) is 3.03. The van der Waals surface area contributed by atoms with Gasteiger partial charge in [-0.15, -0.1) is 0 Å². The Morgan fingerprint density at radius 3 is 2.58 bits per heavy atom. The van der Waals surface area contributed by atoms with Gasteiger partial charge in [-0.25, -0.2) is 9.97 Å². The third-order valence-corrected chi connectivity index (χ3v) is 4.29. The molecule has 1 spiro atoms. The van der Waals surface area contributed by atoms with Gasteiger partial charge >= 0.3 is 0 Å². The Labute approximate surface area is 143 Å².